The Kier molecular flexibility index (Phi) is 4.72. The maximum atomic E-state index is 11.4. The second kappa shape index (κ2) is 6.66. The lowest BCUT2D eigenvalue weighted by Gasteiger charge is -2.32. The van der Waals surface area contributed by atoms with Gasteiger partial charge in [0.2, 0.25) is 0 Å². The van der Waals surface area contributed by atoms with Crippen LogP contribution in [0.3, 0.4) is 0 Å². The Labute approximate surface area is 149 Å². The molecule has 1 fully saturated rings. The summed E-state index contributed by atoms with van der Waals surface area (Å²) in [7, 11) is -0.592. The summed E-state index contributed by atoms with van der Waals surface area (Å²) < 4.78 is 18.0. The number of hydrogen-bond acceptors (Lipinski definition) is 4. The van der Waals surface area contributed by atoms with E-state index in [1.54, 1.807) is 12.1 Å². The van der Waals surface area contributed by atoms with E-state index < -0.39 is 18.3 Å². The molecule has 2 aromatic carbocycles. The topological polar surface area (TPSA) is 44.8 Å². The molecule has 0 bridgehead atoms. The lowest BCUT2D eigenvalue weighted by atomic mass is 9.76. The molecular weight excluding hydrogens is 315 g/mol. The minimum atomic E-state index is -0.592. The Hall–Kier alpha value is -2.11. The Balaban J connectivity index is 1.83. The normalized spacial score (nSPS) is 18.2. The first-order chi connectivity index (χ1) is 11.8. The van der Waals surface area contributed by atoms with Crippen molar-refractivity contribution < 1.29 is 18.8 Å². The molecule has 1 aliphatic rings. The van der Waals surface area contributed by atoms with Crippen LogP contribution in [0.15, 0.2) is 48.5 Å². The molecule has 1 saturated heterocycles. The van der Waals surface area contributed by atoms with E-state index >= 15 is 0 Å². The maximum Gasteiger partial charge on any atom is 0.495 e. The standard InChI is InChI=1S/C20H23BO4/c1-19(2)20(3,4)25-21(24-19)18-12-17(11-10-16(18)13-22)23-14-15-8-6-5-7-9-15/h5-13H,14H2,1-4H3. The van der Waals surface area contributed by atoms with Gasteiger partial charge in [0.25, 0.3) is 0 Å². The summed E-state index contributed by atoms with van der Waals surface area (Å²) in [6, 6.07) is 15.3. The lowest BCUT2D eigenvalue weighted by Crippen LogP contribution is -2.41. The molecule has 1 aliphatic heterocycles. The molecule has 2 aromatic rings. The first kappa shape index (κ1) is 17.7. The number of hydrogen-bond donors (Lipinski definition) is 0. The van der Waals surface area contributed by atoms with Crippen molar-refractivity contribution in [3.63, 3.8) is 0 Å². The molecule has 1 heterocycles. The fraction of sp³-hybridized carbons (Fsp3) is 0.350. The van der Waals surface area contributed by atoms with Crippen molar-refractivity contribution in [1.29, 1.82) is 0 Å². The van der Waals surface area contributed by atoms with Gasteiger partial charge in [-0.15, -0.1) is 0 Å². The van der Waals surface area contributed by atoms with Crippen LogP contribution < -0.4 is 10.2 Å². The highest BCUT2D eigenvalue weighted by molar-refractivity contribution is 6.63. The van der Waals surface area contributed by atoms with E-state index in [1.165, 1.54) is 0 Å². The van der Waals surface area contributed by atoms with Crippen LogP contribution in [-0.2, 0) is 15.9 Å². The van der Waals surface area contributed by atoms with Crippen molar-refractivity contribution in [3.8, 4) is 5.75 Å². The Morgan fingerprint density at radius 1 is 1.00 bits per heavy atom. The van der Waals surface area contributed by atoms with Crippen LogP contribution in [0.25, 0.3) is 0 Å². The molecule has 0 atom stereocenters. The fourth-order valence-corrected chi connectivity index (χ4v) is 2.67. The average molecular weight is 338 g/mol. The fourth-order valence-electron chi connectivity index (χ4n) is 2.67. The highest BCUT2D eigenvalue weighted by Gasteiger charge is 2.52. The number of carbonyl (C=O) groups excluding carboxylic acids is 1. The predicted octanol–water partition coefficient (Wildman–Crippen LogP) is 3.38. The monoisotopic (exact) mass is 338 g/mol. The molecule has 4 nitrogen and oxygen atoms in total. The summed E-state index contributed by atoms with van der Waals surface area (Å²) in [4.78, 5) is 11.4. The quantitative estimate of drug-likeness (QED) is 0.619. The summed E-state index contributed by atoms with van der Waals surface area (Å²) in [6.07, 6.45) is 0.821. The van der Waals surface area contributed by atoms with Gasteiger partial charge in [-0.3, -0.25) is 4.79 Å². The Bertz CT molecular complexity index is 740. The van der Waals surface area contributed by atoms with Gasteiger partial charge in [-0.2, -0.15) is 0 Å². The van der Waals surface area contributed by atoms with E-state index in [9.17, 15) is 4.79 Å². The molecule has 0 N–H and O–H groups in total. The van der Waals surface area contributed by atoms with Crippen molar-refractivity contribution in [2.24, 2.45) is 0 Å². The van der Waals surface area contributed by atoms with E-state index in [0.29, 0.717) is 23.4 Å². The van der Waals surface area contributed by atoms with E-state index in [0.717, 1.165) is 11.8 Å². The van der Waals surface area contributed by atoms with E-state index in [-0.39, 0.29) is 0 Å². The van der Waals surface area contributed by atoms with Gasteiger partial charge < -0.3 is 14.0 Å². The third-order valence-corrected chi connectivity index (χ3v) is 4.94. The smallest absolute Gasteiger partial charge is 0.489 e. The van der Waals surface area contributed by atoms with Crippen molar-refractivity contribution in [2.45, 2.75) is 45.5 Å². The molecule has 25 heavy (non-hydrogen) atoms. The van der Waals surface area contributed by atoms with Crippen LogP contribution in [0.5, 0.6) is 5.75 Å². The number of aldehydes is 1. The highest BCUT2D eigenvalue weighted by Crippen LogP contribution is 2.36. The van der Waals surface area contributed by atoms with Gasteiger partial charge in [0, 0.05) is 5.56 Å². The molecule has 0 unspecified atom stereocenters. The van der Waals surface area contributed by atoms with Crippen molar-refractivity contribution >= 4 is 18.9 Å². The van der Waals surface area contributed by atoms with Crippen LogP contribution in [0, 0.1) is 0 Å². The van der Waals surface area contributed by atoms with Gasteiger partial charge in [0.1, 0.15) is 18.6 Å². The minimum absolute atomic E-state index is 0.460. The zero-order valence-corrected chi connectivity index (χ0v) is 15.1. The van der Waals surface area contributed by atoms with Gasteiger partial charge in [0.05, 0.1) is 11.2 Å². The van der Waals surface area contributed by atoms with Crippen molar-refractivity contribution in [2.75, 3.05) is 0 Å². The highest BCUT2D eigenvalue weighted by atomic mass is 16.7. The van der Waals surface area contributed by atoms with Crippen LogP contribution in [0.2, 0.25) is 0 Å². The third kappa shape index (κ3) is 3.62. The molecule has 0 amide bonds. The molecular formula is C20H23BO4. The maximum absolute atomic E-state index is 11.4. The predicted molar refractivity (Wildman–Crippen MR) is 98.3 cm³/mol. The molecule has 0 saturated carbocycles. The summed E-state index contributed by atoms with van der Waals surface area (Å²) in [5, 5.41) is 0. The Morgan fingerprint density at radius 2 is 1.64 bits per heavy atom. The lowest BCUT2D eigenvalue weighted by molar-refractivity contribution is 0.00578. The van der Waals surface area contributed by atoms with Crippen LogP contribution in [0.1, 0.15) is 43.6 Å². The third-order valence-electron chi connectivity index (χ3n) is 4.94. The van der Waals surface area contributed by atoms with Gasteiger partial charge in [0.15, 0.2) is 0 Å². The van der Waals surface area contributed by atoms with E-state index in [4.69, 9.17) is 14.0 Å². The number of benzene rings is 2. The molecule has 0 aromatic heterocycles. The number of carbonyl (C=O) groups is 1. The SMILES string of the molecule is CC1(C)OB(c2cc(OCc3ccccc3)ccc2C=O)OC1(C)C. The molecule has 0 aliphatic carbocycles. The molecule has 0 spiro atoms. The van der Waals surface area contributed by atoms with Gasteiger partial charge in [-0.1, -0.05) is 30.3 Å². The molecule has 5 heteroatoms. The summed E-state index contributed by atoms with van der Waals surface area (Å²) in [5.74, 6) is 0.680. The summed E-state index contributed by atoms with van der Waals surface area (Å²) in [5.41, 5.74) is 1.40. The number of ether oxygens (including phenoxy) is 1. The summed E-state index contributed by atoms with van der Waals surface area (Å²) in [6.45, 7) is 8.42. The molecule has 3 rings (SSSR count). The van der Waals surface area contributed by atoms with E-state index in [1.807, 2.05) is 64.1 Å². The van der Waals surface area contributed by atoms with E-state index in [2.05, 4.69) is 0 Å². The zero-order valence-electron chi connectivity index (χ0n) is 15.1. The summed E-state index contributed by atoms with van der Waals surface area (Å²) >= 11 is 0. The van der Waals surface area contributed by atoms with Crippen LogP contribution >= 0.6 is 0 Å². The Morgan fingerprint density at radius 3 is 2.24 bits per heavy atom. The second-order valence-corrected chi connectivity index (χ2v) is 7.27. The van der Waals surface area contributed by atoms with Crippen LogP contribution in [-0.4, -0.2) is 24.6 Å². The molecule has 0 radical (unpaired) electrons. The van der Waals surface area contributed by atoms with Gasteiger partial charge in [-0.25, -0.2) is 0 Å². The van der Waals surface area contributed by atoms with Crippen LogP contribution in [0.4, 0.5) is 0 Å². The van der Waals surface area contributed by atoms with Crippen molar-refractivity contribution in [3.05, 3.63) is 59.7 Å². The number of rotatable bonds is 5. The van der Waals surface area contributed by atoms with Gasteiger partial charge >= 0.3 is 7.12 Å². The largest absolute Gasteiger partial charge is 0.495 e. The minimum Gasteiger partial charge on any atom is -0.489 e. The molecule has 130 valence electrons. The first-order valence-corrected chi connectivity index (χ1v) is 8.44. The van der Waals surface area contributed by atoms with Gasteiger partial charge in [-0.05, 0) is 56.9 Å². The average Bonchev–Trinajstić information content (AvgIpc) is 2.81. The zero-order chi connectivity index (χ0) is 18.1. The first-order valence-electron chi connectivity index (χ1n) is 8.44. The second-order valence-electron chi connectivity index (χ2n) is 7.27. The van der Waals surface area contributed by atoms with Crippen molar-refractivity contribution in [1.82, 2.24) is 0 Å².